The lowest BCUT2D eigenvalue weighted by Crippen LogP contribution is -2.37. The zero-order valence-electron chi connectivity index (χ0n) is 42.5. The molecule has 2 nitrogen and oxygen atoms in total. The minimum Gasteiger partial charge on any atom is -0.355 e. The van der Waals surface area contributed by atoms with Gasteiger partial charge in [0.2, 0.25) is 0 Å². The Morgan fingerprint density at radius 1 is 0.500 bits per heavy atom. The Kier molecular flexibility index (Phi) is 8.34. The summed E-state index contributed by atoms with van der Waals surface area (Å²) in [6.45, 7) is 26.5. The lowest BCUT2D eigenvalue weighted by molar-refractivity contribution is 0.331. The van der Waals surface area contributed by atoms with E-state index in [9.17, 15) is 0 Å². The van der Waals surface area contributed by atoms with Crippen molar-refractivity contribution in [1.29, 1.82) is 0 Å². The van der Waals surface area contributed by atoms with Crippen LogP contribution in [0.25, 0.3) is 81.0 Å². The summed E-state index contributed by atoms with van der Waals surface area (Å²) in [6.07, 6.45) is 2.40. The van der Waals surface area contributed by atoms with Crippen LogP contribution in [0.15, 0.2) is 133 Å². The monoisotopic (exact) mass is 923 g/mol. The van der Waals surface area contributed by atoms with Gasteiger partial charge in [-0.25, -0.2) is 0 Å². The first kappa shape index (κ1) is 42.5. The number of nitrogens with zero attached hydrogens (tertiary/aromatic N) is 1. The van der Waals surface area contributed by atoms with Crippen LogP contribution in [0.1, 0.15) is 128 Å². The second kappa shape index (κ2) is 13.7. The molecule has 0 amide bonds. The third-order valence-electron chi connectivity index (χ3n) is 17.8. The van der Waals surface area contributed by atoms with Crippen molar-refractivity contribution in [2.75, 3.05) is 5.32 Å². The van der Waals surface area contributed by atoms with Crippen LogP contribution >= 0.6 is 11.3 Å². The number of rotatable bonds is 3. The fourth-order valence-electron chi connectivity index (χ4n) is 13.6. The van der Waals surface area contributed by atoms with E-state index in [-0.39, 0.29) is 27.1 Å². The number of hydrogen-bond acceptors (Lipinski definition) is 2. The second-order valence-corrected chi connectivity index (χ2v) is 25.8. The number of anilines is 2. The van der Waals surface area contributed by atoms with E-state index in [0.29, 0.717) is 0 Å². The average molecular weight is 924 g/mol. The zero-order valence-corrected chi connectivity index (χ0v) is 43.4. The van der Waals surface area contributed by atoms with Gasteiger partial charge in [0.05, 0.1) is 5.52 Å². The summed E-state index contributed by atoms with van der Waals surface area (Å²) in [7, 11) is 2.53. The summed E-state index contributed by atoms with van der Waals surface area (Å²) < 4.78 is 5.29. The Morgan fingerprint density at radius 3 is 1.93 bits per heavy atom. The van der Waals surface area contributed by atoms with Gasteiger partial charge in [0.1, 0.15) is 0 Å². The van der Waals surface area contributed by atoms with Crippen LogP contribution in [-0.2, 0) is 27.1 Å². The standard InChI is InChI=1S/C66H60BN2S/c1-62(2,3)36-20-22-37(23-21-36)68-55-34-51-42(43-29-52-53(33-50(43)66(51,10)11)64(6,7)27-26-63(52,4)5)28-45(55)40-24-25-41-46-30-49-44(38-16-12-14-18-48(38)65(49,8)9)32-56(46)69-57-35-59-47(31-54(57)67-60(40)61(41)69)39-17-13-15-19-58(39)70-59/h12-25,28-35,68H,26-27H2,1-11H3. The van der Waals surface area contributed by atoms with Gasteiger partial charge in [-0.1, -0.05) is 160 Å². The summed E-state index contributed by atoms with van der Waals surface area (Å²) in [4.78, 5) is 0. The minimum absolute atomic E-state index is 0.0676. The number of hydrogen-bond donors (Lipinski definition) is 1. The van der Waals surface area contributed by atoms with Gasteiger partial charge in [-0.3, -0.25) is 0 Å². The van der Waals surface area contributed by atoms with Crippen LogP contribution in [0, 0.1) is 0 Å². The number of fused-ring (bicyclic) bond motifs is 15. The molecule has 3 aliphatic carbocycles. The summed E-state index contributed by atoms with van der Waals surface area (Å²) in [5.74, 6) is 0. The van der Waals surface area contributed by atoms with E-state index >= 15 is 0 Å². The third-order valence-corrected chi connectivity index (χ3v) is 19.0. The van der Waals surface area contributed by atoms with Gasteiger partial charge in [0.25, 0.3) is 0 Å². The summed E-state index contributed by atoms with van der Waals surface area (Å²) in [5, 5.41) is 9.35. The lowest BCUT2D eigenvalue weighted by Gasteiger charge is -2.42. The van der Waals surface area contributed by atoms with E-state index in [4.69, 9.17) is 0 Å². The molecule has 8 aromatic carbocycles. The molecule has 10 aromatic rings. The van der Waals surface area contributed by atoms with Crippen molar-refractivity contribution in [3.63, 3.8) is 0 Å². The van der Waals surface area contributed by atoms with Crippen LogP contribution in [0.2, 0.25) is 0 Å². The predicted molar refractivity (Wildman–Crippen MR) is 303 cm³/mol. The Labute approximate surface area is 418 Å². The van der Waals surface area contributed by atoms with Gasteiger partial charge < -0.3 is 9.88 Å². The van der Waals surface area contributed by atoms with Crippen molar-refractivity contribution in [3.05, 3.63) is 172 Å². The van der Waals surface area contributed by atoms with Crippen molar-refractivity contribution in [2.45, 2.75) is 116 Å². The van der Waals surface area contributed by atoms with E-state index in [0.717, 1.165) is 11.4 Å². The van der Waals surface area contributed by atoms with Crippen molar-refractivity contribution < 1.29 is 0 Å². The molecule has 0 saturated carbocycles. The Balaban J connectivity index is 1.06. The zero-order chi connectivity index (χ0) is 48.2. The average Bonchev–Trinajstić information content (AvgIpc) is 3.99. The van der Waals surface area contributed by atoms with Gasteiger partial charge in [0, 0.05) is 64.5 Å². The first-order chi connectivity index (χ1) is 33.3. The molecular weight excluding hydrogens is 864 g/mol. The molecule has 2 aromatic heterocycles. The van der Waals surface area contributed by atoms with Gasteiger partial charge >= 0.3 is 0 Å². The van der Waals surface area contributed by atoms with Crippen molar-refractivity contribution >= 4 is 82.9 Å². The Morgan fingerprint density at radius 2 is 1.16 bits per heavy atom. The van der Waals surface area contributed by atoms with Gasteiger partial charge in [-0.2, -0.15) is 0 Å². The molecule has 70 heavy (non-hydrogen) atoms. The molecule has 0 spiro atoms. The van der Waals surface area contributed by atoms with Crippen LogP contribution in [0.4, 0.5) is 11.4 Å². The smallest absolute Gasteiger partial charge is 0.197 e. The van der Waals surface area contributed by atoms with E-state index in [1.807, 2.05) is 11.3 Å². The van der Waals surface area contributed by atoms with Gasteiger partial charge in [-0.15, -0.1) is 11.3 Å². The molecular formula is C66H60BN2S. The number of benzene rings is 8. The fourth-order valence-corrected chi connectivity index (χ4v) is 14.7. The summed E-state index contributed by atoms with van der Waals surface area (Å²) in [6, 6.07) is 52.4. The van der Waals surface area contributed by atoms with E-state index in [1.54, 1.807) is 0 Å². The summed E-state index contributed by atoms with van der Waals surface area (Å²) in [5.41, 5.74) is 26.6. The first-order valence-corrected chi connectivity index (χ1v) is 26.4. The van der Waals surface area contributed by atoms with Crippen molar-refractivity contribution in [1.82, 2.24) is 4.57 Å². The number of thiophene rings is 1. The van der Waals surface area contributed by atoms with E-state index in [1.165, 1.54) is 144 Å². The molecule has 0 unspecified atom stereocenters. The van der Waals surface area contributed by atoms with E-state index in [2.05, 4.69) is 227 Å². The lowest BCUT2D eigenvalue weighted by atomic mass is 9.59. The molecule has 1 aliphatic heterocycles. The molecule has 14 rings (SSSR count). The Bertz CT molecular complexity index is 3970. The molecule has 4 aliphatic rings. The molecule has 4 heteroatoms. The maximum atomic E-state index is 4.07. The Hall–Kier alpha value is -6.36. The topological polar surface area (TPSA) is 17.0 Å². The molecule has 0 atom stereocenters. The molecule has 0 saturated heterocycles. The molecule has 343 valence electrons. The molecule has 0 fully saturated rings. The highest BCUT2D eigenvalue weighted by atomic mass is 32.1. The highest BCUT2D eigenvalue weighted by molar-refractivity contribution is 7.25. The second-order valence-electron chi connectivity index (χ2n) is 24.7. The van der Waals surface area contributed by atoms with Crippen LogP contribution < -0.4 is 16.2 Å². The van der Waals surface area contributed by atoms with Crippen molar-refractivity contribution in [3.8, 4) is 39.1 Å². The quantitative estimate of drug-likeness (QED) is 0.175. The first-order valence-electron chi connectivity index (χ1n) is 25.6. The summed E-state index contributed by atoms with van der Waals surface area (Å²) >= 11 is 1.91. The van der Waals surface area contributed by atoms with Crippen LogP contribution in [0.5, 0.6) is 0 Å². The maximum Gasteiger partial charge on any atom is 0.197 e. The van der Waals surface area contributed by atoms with Gasteiger partial charge in [0.15, 0.2) is 7.28 Å². The van der Waals surface area contributed by atoms with Crippen molar-refractivity contribution in [2.24, 2.45) is 0 Å². The number of aromatic nitrogens is 1. The molecule has 1 N–H and O–H groups in total. The van der Waals surface area contributed by atoms with Gasteiger partial charge in [-0.05, 0) is 161 Å². The minimum atomic E-state index is -0.181. The molecule has 1 radical (unpaired) electrons. The number of nitrogens with one attached hydrogen (secondary N) is 1. The SMILES string of the molecule is CC(C)(C)c1ccc(Nc2cc3c(cc2-c2ccc4c5cc6c(cc5n5c4c2[B]c2cc4c(cc2-5)sc2ccccc24)-c2ccccc2C6(C)C)-c2cc4c(cc2C3(C)C)C(C)(C)CCC4(C)C)cc1. The molecule has 3 heterocycles. The highest BCUT2D eigenvalue weighted by Gasteiger charge is 2.44. The normalized spacial score (nSPS) is 17.2. The third kappa shape index (κ3) is 5.69. The largest absolute Gasteiger partial charge is 0.355 e. The fraction of sp³-hybridized carbons (Fsp3) is 0.273. The van der Waals surface area contributed by atoms with Crippen LogP contribution in [-0.4, -0.2) is 11.8 Å². The maximum absolute atomic E-state index is 4.07. The highest BCUT2D eigenvalue weighted by Crippen LogP contribution is 2.57. The van der Waals surface area contributed by atoms with Crippen LogP contribution in [0.3, 0.4) is 0 Å². The predicted octanol–water partition coefficient (Wildman–Crippen LogP) is 16.8. The van der Waals surface area contributed by atoms with E-state index < -0.39 is 0 Å². The molecule has 0 bridgehead atoms.